The van der Waals surface area contributed by atoms with Gasteiger partial charge in [-0.05, 0) is 20.8 Å². The van der Waals surface area contributed by atoms with Crippen molar-refractivity contribution in [1.29, 1.82) is 0 Å². The molecule has 0 saturated heterocycles. The van der Waals surface area contributed by atoms with Crippen molar-refractivity contribution in [2.75, 3.05) is 20.0 Å². The summed E-state index contributed by atoms with van der Waals surface area (Å²) in [5, 5.41) is 0. The van der Waals surface area contributed by atoms with E-state index in [-0.39, 0.29) is 5.60 Å². The summed E-state index contributed by atoms with van der Waals surface area (Å²) in [5.74, 6) is 0.669. The maximum atomic E-state index is 5.70. The van der Waals surface area contributed by atoms with Gasteiger partial charge in [0.25, 0.3) is 5.57 Å². The molecule has 0 bridgehead atoms. The summed E-state index contributed by atoms with van der Waals surface area (Å²) in [6, 6.07) is 1.81. The first-order chi connectivity index (χ1) is 6.68. The highest BCUT2D eigenvalue weighted by atomic mass is 31.2. The van der Waals surface area contributed by atoms with Gasteiger partial charge in [0.2, 0.25) is 5.88 Å². The molecule has 3 nitrogen and oxygen atoms in total. The van der Waals surface area contributed by atoms with Gasteiger partial charge in [0, 0.05) is 12.3 Å². The van der Waals surface area contributed by atoms with Crippen LogP contribution in [0.1, 0.15) is 20.8 Å². The largest absolute Gasteiger partial charge is 0.472 e. The van der Waals surface area contributed by atoms with Crippen molar-refractivity contribution in [2.45, 2.75) is 26.4 Å². The lowest BCUT2D eigenvalue weighted by Crippen LogP contribution is -2.26. The Morgan fingerprint density at radius 1 is 1.20 bits per heavy atom. The van der Waals surface area contributed by atoms with Crippen LogP contribution in [0.25, 0.3) is 0 Å². The molecule has 0 radical (unpaired) electrons. The molecule has 0 aliphatic heterocycles. The average Bonchev–Trinajstić information content (AvgIpc) is 1.99. The lowest BCUT2D eigenvalue weighted by molar-refractivity contribution is 0.124. The van der Waals surface area contributed by atoms with Gasteiger partial charge in [-0.15, -0.1) is 0 Å². The maximum Gasteiger partial charge on any atom is 0.278 e. The Morgan fingerprint density at radius 2 is 1.80 bits per heavy atom. The number of rotatable bonds is 2. The highest BCUT2D eigenvalue weighted by Crippen LogP contribution is 2.43. The van der Waals surface area contributed by atoms with Crippen LogP contribution in [0.5, 0.6) is 5.88 Å². The fourth-order valence-corrected chi connectivity index (χ4v) is 1.84. The molecule has 0 spiro atoms. The van der Waals surface area contributed by atoms with E-state index in [0.29, 0.717) is 5.88 Å². The Morgan fingerprint density at radius 3 is 2.27 bits per heavy atom. The van der Waals surface area contributed by atoms with Gasteiger partial charge in [0.1, 0.15) is 5.60 Å². The van der Waals surface area contributed by atoms with Gasteiger partial charge >= 0.3 is 0 Å². The van der Waals surface area contributed by atoms with Crippen molar-refractivity contribution >= 4 is 12.8 Å². The minimum absolute atomic E-state index is 0.206. The molecule has 0 fully saturated rings. The second kappa shape index (κ2) is 4.05. The molecule has 1 aromatic heterocycles. The van der Waals surface area contributed by atoms with Crippen LogP contribution in [-0.2, 0) is 0 Å². The van der Waals surface area contributed by atoms with Crippen molar-refractivity contribution in [2.24, 2.45) is 0 Å². The summed E-state index contributed by atoms with van der Waals surface area (Å²) in [4.78, 5) is 8.74. The van der Waals surface area contributed by atoms with E-state index >= 15 is 0 Å². The van der Waals surface area contributed by atoms with Crippen LogP contribution in [0.2, 0.25) is 0 Å². The Kier molecular flexibility index (Phi) is 3.34. The van der Waals surface area contributed by atoms with Crippen LogP contribution < -0.4 is 10.3 Å². The lowest BCUT2D eigenvalue weighted by atomic mass is 10.2. The predicted octanol–water partition coefficient (Wildman–Crippen LogP) is 2.19. The third-order valence-corrected chi connectivity index (χ3v) is 3.04. The molecule has 0 N–H and O–H groups in total. The van der Waals surface area contributed by atoms with Crippen LogP contribution >= 0.6 is 7.26 Å². The number of aromatic nitrogens is 2. The zero-order valence-electron chi connectivity index (χ0n) is 10.4. The summed E-state index contributed by atoms with van der Waals surface area (Å²) in [6.07, 6.45) is 1.77. The minimum Gasteiger partial charge on any atom is -0.472 e. The summed E-state index contributed by atoms with van der Waals surface area (Å²) in [5.41, 5.74) is 0.714. The molecular weight excluding hydrogens is 207 g/mol. The first kappa shape index (κ1) is 12.4. The van der Waals surface area contributed by atoms with Gasteiger partial charge in [0.05, 0.1) is 27.3 Å². The van der Waals surface area contributed by atoms with E-state index in [9.17, 15) is 0 Å². The van der Waals surface area contributed by atoms with Gasteiger partial charge in [-0.2, -0.15) is 4.98 Å². The molecular formula is C11H20N2OP+. The molecule has 0 aliphatic carbocycles. The Balaban J connectivity index is 2.94. The summed E-state index contributed by atoms with van der Waals surface area (Å²) in [7, 11) is -1.16. The highest BCUT2D eigenvalue weighted by Gasteiger charge is 2.26. The average molecular weight is 227 g/mol. The predicted molar refractivity (Wildman–Crippen MR) is 66.7 cm³/mol. The SMILES string of the molecule is CC(C)(C)Oc1ccnc([P+](C)(C)C)n1. The molecule has 0 saturated carbocycles. The molecule has 84 valence electrons. The molecule has 0 aromatic carbocycles. The zero-order valence-corrected chi connectivity index (χ0v) is 11.3. The van der Waals surface area contributed by atoms with E-state index in [1.807, 2.05) is 26.8 Å². The molecule has 1 rings (SSSR count). The number of hydrogen-bond donors (Lipinski definition) is 0. The van der Waals surface area contributed by atoms with E-state index < -0.39 is 7.26 Å². The summed E-state index contributed by atoms with van der Waals surface area (Å²) < 4.78 is 5.70. The van der Waals surface area contributed by atoms with Gasteiger partial charge in [0.15, 0.2) is 0 Å². The molecule has 15 heavy (non-hydrogen) atoms. The van der Waals surface area contributed by atoms with Crippen LogP contribution in [0.15, 0.2) is 12.3 Å². The Labute approximate surface area is 92.6 Å². The monoisotopic (exact) mass is 227 g/mol. The van der Waals surface area contributed by atoms with Gasteiger partial charge in [-0.1, -0.05) is 0 Å². The second-order valence-electron chi connectivity index (χ2n) is 5.42. The molecule has 4 heteroatoms. The third-order valence-electron chi connectivity index (χ3n) is 1.63. The first-order valence-electron chi connectivity index (χ1n) is 5.02. The van der Waals surface area contributed by atoms with E-state index in [1.165, 1.54) is 0 Å². The van der Waals surface area contributed by atoms with Crippen molar-refractivity contribution in [3.05, 3.63) is 12.3 Å². The highest BCUT2D eigenvalue weighted by molar-refractivity contribution is 7.80. The topological polar surface area (TPSA) is 35.0 Å². The third kappa shape index (κ3) is 4.13. The van der Waals surface area contributed by atoms with Gasteiger partial charge < -0.3 is 4.74 Å². The molecule has 0 aliphatic rings. The molecule has 0 amide bonds. The molecule has 0 unspecified atom stereocenters. The first-order valence-corrected chi connectivity index (χ1v) is 8.16. The number of hydrogen-bond acceptors (Lipinski definition) is 3. The Bertz CT molecular complexity index is 339. The van der Waals surface area contributed by atoms with Crippen LogP contribution in [0.4, 0.5) is 0 Å². The second-order valence-corrected chi connectivity index (χ2v) is 9.85. The van der Waals surface area contributed by atoms with E-state index in [2.05, 4.69) is 30.0 Å². The standard InChI is InChI=1S/C11H20N2OP/c1-11(2,3)14-9-7-8-12-10(13-9)15(4,5)6/h7-8H,1-6H3/q+1. The number of nitrogens with zero attached hydrogens (tertiary/aromatic N) is 2. The zero-order chi connectivity index (χ0) is 11.7. The van der Waals surface area contributed by atoms with E-state index in [0.717, 1.165) is 5.57 Å². The van der Waals surface area contributed by atoms with Crippen molar-refractivity contribution in [1.82, 2.24) is 9.97 Å². The molecule has 0 atom stereocenters. The van der Waals surface area contributed by atoms with Gasteiger partial charge in [-0.3, -0.25) is 0 Å². The summed E-state index contributed by atoms with van der Waals surface area (Å²) >= 11 is 0. The van der Waals surface area contributed by atoms with Crippen molar-refractivity contribution in [3.63, 3.8) is 0 Å². The smallest absolute Gasteiger partial charge is 0.278 e. The van der Waals surface area contributed by atoms with Crippen molar-refractivity contribution in [3.8, 4) is 5.88 Å². The van der Waals surface area contributed by atoms with Crippen LogP contribution in [0.3, 0.4) is 0 Å². The number of ether oxygens (including phenoxy) is 1. The minimum atomic E-state index is -1.16. The lowest BCUT2D eigenvalue weighted by Gasteiger charge is -2.20. The normalized spacial score (nSPS) is 12.7. The summed E-state index contributed by atoms with van der Waals surface area (Å²) in [6.45, 7) is 12.6. The quantitative estimate of drug-likeness (QED) is 0.726. The van der Waals surface area contributed by atoms with Crippen molar-refractivity contribution < 1.29 is 4.74 Å². The van der Waals surface area contributed by atoms with Gasteiger partial charge in [-0.25, -0.2) is 4.98 Å². The van der Waals surface area contributed by atoms with Crippen LogP contribution in [0, 0.1) is 0 Å². The van der Waals surface area contributed by atoms with Crippen LogP contribution in [-0.4, -0.2) is 35.6 Å². The maximum absolute atomic E-state index is 5.70. The fraction of sp³-hybridized carbons (Fsp3) is 0.636. The van der Waals surface area contributed by atoms with E-state index in [4.69, 9.17) is 4.74 Å². The Hall–Kier alpha value is -0.690. The van der Waals surface area contributed by atoms with E-state index in [1.54, 1.807) is 6.20 Å². The molecule has 1 aromatic rings. The molecule has 1 heterocycles. The fourth-order valence-electron chi connectivity index (χ4n) is 1.03.